The van der Waals surface area contributed by atoms with E-state index in [0.717, 1.165) is 23.3 Å². The topological polar surface area (TPSA) is 30.5 Å². The molecule has 3 nitrogen and oxygen atoms in total. The van der Waals surface area contributed by atoms with Crippen LogP contribution in [0, 0.1) is 0 Å². The summed E-state index contributed by atoms with van der Waals surface area (Å²) in [6.07, 6.45) is 1.08. The van der Waals surface area contributed by atoms with Gasteiger partial charge < -0.3 is 14.8 Å². The maximum atomic E-state index is 6.43. The van der Waals surface area contributed by atoms with Gasteiger partial charge in [0.2, 0.25) is 0 Å². The molecule has 130 valence electrons. The van der Waals surface area contributed by atoms with Gasteiger partial charge in [0.15, 0.2) is 11.5 Å². The zero-order valence-corrected chi connectivity index (χ0v) is 15.4. The molecule has 0 radical (unpaired) electrons. The maximum Gasteiger partial charge on any atom is 0.163 e. The van der Waals surface area contributed by atoms with Gasteiger partial charge in [-0.25, -0.2) is 0 Å². The Hall–Kier alpha value is -1.71. The summed E-state index contributed by atoms with van der Waals surface area (Å²) in [4.78, 5) is 0. The van der Waals surface area contributed by atoms with Gasteiger partial charge in [-0.2, -0.15) is 0 Å². The van der Waals surface area contributed by atoms with Crippen molar-refractivity contribution in [1.82, 2.24) is 5.32 Å². The molecule has 1 unspecified atom stereocenters. The van der Waals surface area contributed by atoms with Gasteiger partial charge in [-0.3, -0.25) is 0 Å². The van der Waals surface area contributed by atoms with E-state index >= 15 is 0 Å². The lowest BCUT2D eigenvalue weighted by Gasteiger charge is -2.17. The first-order valence-corrected chi connectivity index (χ1v) is 8.87. The Bertz CT molecular complexity index is 631. The third kappa shape index (κ3) is 5.43. The van der Waals surface area contributed by atoms with Crippen molar-refractivity contribution < 1.29 is 9.47 Å². The van der Waals surface area contributed by atoms with E-state index < -0.39 is 0 Å². The molecule has 0 aliphatic heterocycles. The highest BCUT2D eigenvalue weighted by Gasteiger charge is 2.12. The van der Waals surface area contributed by atoms with E-state index in [1.165, 1.54) is 0 Å². The molecule has 24 heavy (non-hydrogen) atoms. The van der Waals surface area contributed by atoms with Gasteiger partial charge in [0.25, 0.3) is 0 Å². The van der Waals surface area contributed by atoms with E-state index in [-0.39, 0.29) is 0 Å². The van der Waals surface area contributed by atoms with Crippen LogP contribution in [0.1, 0.15) is 38.3 Å². The number of hydrogen-bond acceptors (Lipinski definition) is 3. The summed E-state index contributed by atoms with van der Waals surface area (Å²) in [6, 6.07) is 14.3. The Morgan fingerprint density at radius 3 is 2.42 bits per heavy atom. The van der Waals surface area contributed by atoms with E-state index in [4.69, 9.17) is 21.1 Å². The summed E-state index contributed by atoms with van der Waals surface area (Å²) in [5.41, 5.74) is 2.13. The first kappa shape index (κ1) is 18.6. The average Bonchev–Trinajstić information content (AvgIpc) is 2.61. The fraction of sp³-hybridized carbons (Fsp3) is 0.400. The Morgan fingerprint density at radius 1 is 1.04 bits per heavy atom. The smallest absolute Gasteiger partial charge is 0.163 e. The second-order valence-electron chi connectivity index (χ2n) is 5.79. The molecule has 0 aliphatic carbocycles. The van der Waals surface area contributed by atoms with Crippen LogP contribution in [0.4, 0.5) is 0 Å². The largest absolute Gasteiger partial charge is 0.490 e. The molecule has 0 amide bonds. The van der Waals surface area contributed by atoms with Crippen LogP contribution in [0.25, 0.3) is 0 Å². The second kappa shape index (κ2) is 9.55. The predicted octanol–water partition coefficient (Wildman–Crippen LogP) is 5.21. The van der Waals surface area contributed by atoms with Crippen molar-refractivity contribution in [3.8, 4) is 11.5 Å². The lowest BCUT2D eigenvalue weighted by molar-refractivity contribution is 0.269. The van der Waals surface area contributed by atoms with E-state index in [9.17, 15) is 0 Å². The summed E-state index contributed by atoms with van der Waals surface area (Å²) in [7, 11) is 0. The summed E-state index contributed by atoms with van der Waals surface area (Å²) in [5, 5.41) is 4.15. The fourth-order valence-corrected chi connectivity index (χ4v) is 2.48. The normalized spacial score (nSPS) is 12.0. The molecule has 0 fully saturated rings. The lowest BCUT2D eigenvalue weighted by atomic mass is 10.1. The summed E-state index contributed by atoms with van der Waals surface area (Å²) in [5.74, 6) is 1.41. The lowest BCUT2D eigenvalue weighted by Crippen LogP contribution is -2.24. The van der Waals surface area contributed by atoms with Crippen LogP contribution in [-0.2, 0) is 13.2 Å². The van der Waals surface area contributed by atoms with Crippen molar-refractivity contribution in [1.29, 1.82) is 0 Å². The Kier molecular flexibility index (Phi) is 7.41. The van der Waals surface area contributed by atoms with E-state index in [0.29, 0.717) is 36.6 Å². The number of ether oxygens (including phenoxy) is 2. The van der Waals surface area contributed by atoms with Gasteiger partial charge in [0, 0.05) is 23.7 Å². The van der Waals surface area contributed by atoms with Crippen molar-refractivity contribution in [2.75, 3.05) is 6.61 Å². The molecule has 0 bridgehead atoms. The SMILES string of the molecule is CCOc1cc(CNC(C)CC)c(Cl)cc1OCc1ccccc1. The molecule has 2 aromatic rings. The number of halogens is 1. The molecular formula is C20H26ClNO2. The molecule has 0 saturated carbocycles. The quantitative estimate of drug-likeness (QED) is 0.675. The van der Waals surface area contributed by atoms with Gasteiger partial charge in [-0.1, -0.05) is 48.9 Å². The molecule has 2 rings (SSSR count). The highest BCUT2D eigenvalue weighted by molar-refractivity contribution is 6.31. The highest BCUT2D eigenvalue weighted by Crippen LogP contribution is 2.34. The first-order valence-electron chi connectivity index (χ1n) is 8.49. The zero-order valence-electron chi connectivity index (χ0n) is 14.6. The number of benzene rings is 2. The Labute approximate surface area is 149 Å². The third-order valence-electron chi connectivity index (χ3n) is 3.90. The number of rotatable bonds is 9. The Balaban J connectivity index is 2.13. The van der Waals surface area contributed by atoms with E-state index in [1.54, 1.807) is 0 Å². The molecule has 4 heteroatoms. The zero-order chi connectivity index (χ0) is 17.4. The minimum Gasteiger partial charge on any atom is -0.490 e. The summed E-state index contributed by atoms with van der Waals surface area (Å²) in [6.45, 7) is 8.07. The van der Waals surface area contributed by atoms with Crippen molar-refractivity contribution >= 4 is 11.6 Å². The van der Waals surface area contributed by atoms with Crippen molar-refractivity contribution in [3.05, 3.63) is 58.6 Å². The molecule has 0 aliphatic rings. The minimum atomic E-state index is 0.450. The van der Waals surface area contributed by atoms with Crippen LogP contribution in [-0.4, -0.2) is 12.6 Å². The predicted molar refractivity (Wildman–Crippen MR) is 100.0 cm³/mol. The maximum absolute atomic E-state index is 6.43. The number of hydrogen-bond donors (Lipinski definition) is 1. The molecule has 2 aromatic carbocycles. The van der Waals surface area contributed by atoms with Gasteiger partial charge in [-0.15, -0.1) is 0 Å². The molecule has 0 saturated heterocycles. The van der Waals surface area contributed by atoms with E-state index in [2.05, 4.69) is 19.2 Å². The van der Waals surface area contributed by atoms with Crippen LogP contribution < -0.4 is 14.8 Å². The van der Waals surface area contributed by atoms with Gasteiger partial charge >= 0.3 is 0 Å². The monoisotopic (exact) mass is 347 g/mol. The third-order valence-corrected chi connectivity index (χ3v) is 4.25. The second-order valence-corrected chi connectivity index (χ2v) is 6.20. The first-order chi connectivity index (χ1) is 11.6. The van der Waals surface area contributed by atoms with Crippen LogP contribution in [0.2, 0.25) is 5.02 Å². The minimum absolute atomic E-state index is 0.450. The van der Waals surface area contributed by atoms with Crippen LogP contribution in [0.5, 0.6) is 11.5 Å². The van der Waals surface area contributed by atoms with E-state index in [1.807, 2.05) is 49.4 Å². The molecule has 0 aromatic heterocycles. The summed E-state index contributed by atoms with van der Waals surface area (Å²) >= 11 is 6.43. The molecule has 0 spiro atoms. The number of nitrogens with one attached hydrogen (secondary N) is 1. The van der Waals surface area contributed by atoms with Crippen molar-refractivity contribution in [2.24, 2.45) is 0 Å². The molecular weight excluding hydrogens is 322 g/mol. The van der Waals surface area contributed by atoms with Crippen LogP contribution >= 0.6 is 11.6 Å². The van der Waals surface area contributed by atoms with Crippen LogP contribution in [0.15, 0.2) is 42.5 Å². The van der Waals surface area contributed by atoms with Gasteiger partial charge in [0.1, 0.15) is 6.61 Å². The fourth-order valence-electron chi connectivity index (χ4n) is 2.26. The Morgan fingerprint density at radius 2 is 1.75 bits per heavy atom. The summed E-state index contributed by atoms with van der Waals surface area (Å²) < 4.78 is 11.7. The van der Waals surface area contributed by atoms with Crippen molar-refractivity contribution in [2.45, 2.75) is 46.4 Å². The standard InChI is InChI=1S/C20H26ClNO2/c1-4-15(3)22-13-17-11-19(23-5-2)20(12-18(17)21)24-14-16-9-7-6-8-10-16/h6-12,15,22H,4-5,13-14H2,1-3H3. The molecule has 1 N–H and O–H groups in total. The van der Waals surface area contributed by atoms with Gasteiger partial charge in [0.05, 0.1) is 6.61 Å². The van der Waals surface area contributed by atoms with Crippen LogP contribution in [0.3, 0.4) is 0 Å². The van der Waals surface area contributed by atoms with Crippen molar-refractivity contribution in [3.63, 3.8) is 0 Å². The average molecular weight is 348 g/mol. The van der Waals surface area contributed by atoms with Gasteiger partial charge in [-0.05, 0) is 37.5 Å². The molecule has 1 atom stereocenters. The highest BCUT2D eigenvalue weighted by atomic mass is 35.5. The molecule has 0 heterocycles.